The van der Waals surface area contributed by atoms with Crippen molar-refractivity contribution >= 4 is 45.3 Å². The number of nitrogens with one attached hydrogen (secondary N) is 2. The first-order valence-corrected chi connectivity index (χ1v) is 9.97. The smallest absolute Gasteiger partial charge is 0.178 e. The average Bonchev–Trinajstić information content (AvgIpc) is 2.65. The molecule has 2 N–H and O–H groups in total. The number of rotatable bonds is 6. The Kier molecular flexibility index (Phi) is 6.93. The molecule has 0 aliphatic heterocycles. The number of benzene rings is 2. The molecule has 0 amide bonds. The average molecular weight is 423 g/mol. The quantitative estimate of drug-likeness (QED) is 0.602. The van der Waals surface area contributed by atoms with Crippen LogP contribution in [0.3, 0.4) is 0 Å². The van der Waals surface area contributed by atoms with Crippen LogP contribution in [-0.2, 0) is 9.84 Å². The molecule has 9 heteroatoms. The van der Waals surface area contributed by atoms with Crippen molar-refractivity contribution in [2.45, 2.75) is 18.7 Å². The lowest BCUT2D eigenvalue weighted by Crippen LogP contribution is -2.04. The zero-order chi connectivity index (χ0) is 19.4. The fourth-order valence-electron chi connectivity index (χ4n) is 2.45. The third-order valence-corrected chi connectivity index (χ3v) is 5.68. The van der Waals surface area contributed by atoms with Crippen molar-refractivity contribution in [2.24, 2.45) is 0 Å². The Morgan fingerprint density at radius 3 is 2.21 bits per heavy atom. The van der Waals surface area contributed by atoms with E-state index in [-0.39, 0.29) is 28.9 Å². The molecule has 0 unspecified atom stereocenters. The van der Waals surface area contributed by atoms with E-state index in [2.05, 4.69) is 20.6 Å². The van der Waals surface area contributed by atoms with Crippen LogP contribution in [0.2, 0.25) is 0 Å². The second-order valence-electron chi connectivity index (χ2n) is 5.93. The van der Waals surface area contributed by atoms with Crippen LogP contribution in [0.1, 0.15) is 12.5 Å². The van der Waals surface area contributed by atoms with Gasteiger partial charge in [-0.2, -0.15) is 0 Å². The number of anilines is 4. The van der Waals surface area contributed by atoms with E-state index in [9.17, 15) is 12.8 Å². The molecule has 1 aromatic heterocycles. The van der Waals surface area contributed by atoms with E-state index >= 15 is 0 Å². The van der Waals surface area contributed by atoms with Gasteiger partial charge in [0.05, 0.1) is 10.6 Å². The Balaban J connectivity index is 0.00000280. The molecule has 0 fully saturated rings. The van der Waals surface area contributed by atoms with Crippen molar-refractivity contribution in [3.63, 3.8) is 0 Å². The number of aromatic nitrogens is 2. The van der Waals surface area contributed by atoms with Crippen LogP contribution in [0.25, 0.3) is 0 Å². The summed E-state index contributed by atoms with van der Waals surface area (Å²) in [6.45, 7) is 3.29. The highest BCUT2D eigenvalue weighted by atomic mass is 35.5. The second-order valence-corrected chi connectivity index (χ2v) is 8.21. The van der Waals surface area contributed by atoms with Crippen molar-refractivity contribution in [3.8, 4) is 0 Å². The lowest BCUT2D eigenvalue weighted by atomic mass is 10.2. The summed E-state index contributed by atoms with van der Waals surface area (Å²) < 4.78 is 37.4. The summed E-state index contributed by atoms with van der Waals surface area (Å²) in [5, 5.41) is 6.16. The maximum Gasteiger partial charge on any atom is 0.178 e. The van der Waals surface area contributed by atoms with Gasteiger partial charge >= 0.3 is 0 Å². The molecule has 0 bridgehead atoms. The number of hydrogen-bond donors (Lipinski definition) is 2. The Hall–Kier alpha value is -2.71. The van der Waals surface area contributed by atoms with Gasteiger partial charge in [0.25, 0.3) is 0 Å². The van der Waals surface area contributed by atoms with Crippen LogP contribution in [0.5, 0.6) is 0 Å². The molecule has 3 rings (SSSR count). The molecule has 1 heterocycles. The number of sulfone groups is 1. The van der Waals surface area contributed by atoms with Crippen molar-refractivity contribution in [1.29, 1.82) is 0 Å². The molecule has 0 aliphatic carbocycles. The Labute approximate surface area is 169 Å². The summed E-state index contributed by atoms with van der Waals surface area (Å²) in [7, 11) is -3.29. The first-order chi connectivity index (χ1) is 12.9. The van der Waals surface area contributed by atoms with Crippen molar-refractivity contribution in [1.82, 2.24) is 9.97 Å². The van der Waals surface area contributed by atoms with Crippen LogP contribution >= 0.6 is 12.4 Å². The van der Waals surface area contributed by atoms with Crippen molar-refractivity contribution < 1.29 is 12.8 Å². The van der Waals surface area contributed by atoms with E-state index in [1.54, 1.807) is 56.3 Å². The molecule has 148 valence electrons. The molecule has 28 heavy (non-hydrogen) atoms. The standard InChI is InChI=1S/C19H19FN4O2S.ClH/c1-3-27(25,26)16-6-4-5-14(10-16)23-18-11-19(22-12-21-18)24-15-7-8-17(20)13(2)9-15;/h4-12H,3H2,1-2H3,(H2,21,22,23,24);1H. The van der Waals surface area contributed by atoms with Crippen LogP contribution in [0, 0.1) is 12.7 Å². The SMILES string of the molecule is CCS(=O)(=O)c1cccc(Nc2cc(Nc3ccc(F)c(C)c3)ncn2)c1.Cl. The van der Waals surface area contributed by atoms with Gasteiger partial charge in [0, 0.05) is 17.4 Å². The topological polar surface area (TPSA) is 84.0 Å². The maximum absolute atomic E-state index is 13.4. The van der Waals surface area contributed by atoms with Crippen molar-refractivity contribution in [3.05, 3.63) is 66.2 Å². The molecule has 6 nitrogen and oxygen atoms in total. The van der Waals surface area contributed by atoms with Crippen LogP contribution in [-0.4, -0.2) is 24.1 Å². The molecule has 0 saturated heterocycles. The second kappa shape index (κ2) is 8.99. The van der Waals surface area contributed by atoms with E-state index in [4.69, 9.17) is 0 Å². The lowest BCUT2D eigenvalue weighted by molar-refractivity contribution is 0.597. The summed E-state index contributed by atoms with van der Waals surface area (Å²) >= 11 is 0. The highest BCUT2D eigenvalue weighted by Crippen LogP contribution is 2.22. The Morgan fingerprint density at radius 2 is 1.61 bits per heavy atom. The monoisotopic (exact) mass is 422 g/mol. The highest BCUT2D eigenvalue weighted by Gasteiger charge is 2.12. The summed E-state index contributed by atoms with van der Waals surface area (Å²) in [4.78, 5) is 8.55. The van der Waals surface area contributed by atoms with Gasteiger partial charge in [-0.15, -0.1) is 12.4 Å². The predicted molar refractivity (Wildman–Crippen MR) is 111 cm³/mol. The molecule has 2 aromatic carbocycles. The molecule has 0 saturated carbocycles. The largest absolute Gasteiger partial charge is 0.340 e. The van der Waals surface area contributed by atoms with E-state index < -0.39 is 9.84 Å². The zero-order valence-corrected chi connectivity index (χ0v) is 16.9. The normalized spacial score (nSPS) is 10.8. The minimum absolute atomic E-state index is 0. The van der Waals surface area contributed by atoms with E-state index in [1.807, 2.05) is 0 Å². The zero-order valence-electron chi connectivity index (χ0n) is 15.3. The third kappa shape index (κ3) is 5.17. The van der Waals surface area contributed by atoms with Gasteiger partial charge in [-0.1, -0.05) is 13.0 Å². The lowest BCUT2D eigenvalue weighted by Gasteiger charge is -2.10. The van der Waals surface area contributed by atoms with Crippen LogP contribution < -0.4 is 10.6 Å². The predicted octanol–water partition coefficient (Wildman–Crippen LogP) is 4.63. The number of nitrogens with zero attached hydrogens (tertiary/aromatic N) is 2. The van der Waals surface area contributed by atoms with Crippen LogP contribution in [0.4, 0.5) is 27.4 Å². The summed E-state index contributed by atoms with van der Waals surface area (Å²) in [5.41, 5.74) is 1.84. The molecule has 0 radical (unpaired) electrons. The minimum Gasteiger partial charge on any atom is -0.340 e. The molecule has 0 spiro atoms. The fraction of sp³-hybridized carbons (Fsp3) is 0.158. The van der Waals surface area contributed by atoms with E-state index in [0.717, 1.165) is 0 Å². The first kappa shape index (κ1) is 21.6. The third-order valence-electron chi connectivity index (χ3n) is 3.94. The van der Waals surface area contributed by atoms with Crippen LogP contribution in [0.15, 0.2) is 59.8 Å². The van der Waals surface area contributed by atoms with Gasteiger partial charge in [-0.25, -0.2) is 22.8 Å². The molecule has 0 atom stereocenters. The van der Waals surface area contributed by atoms with Gasteiger partial charge < -0.3 is 10.6 Å². The number of aryl methyl sites for hydroxylation is 1. The van der Waals surface area contributed by atoms with Gasteiger partial charge in [0.15, 0.2) is 9.84 Å². The highest BCUT2D eigenvalue weighted by molar-refractivity contribution is 7.91. The molecular weight excluding hydrogens is 403 g/mol. The summed E-state index contributed by atoms with van der Waals surface area (Å²) in [6, 6.07) is 12.9. The first-order valence-electron chi connectivity index (χ1n) is 8.32. The molecular formula is C19H20ClFN4O2S. The maximum atomic E-state index is 13.4. The summed E-state index contributed by atoms with van der Waals surface area (Å²) in [6.07, 6.45) is 1.38. The Morgan fingerprint density at radius 1 is 0.964 bits per heavy atom. The Bertz CT molecular complexity index is 1080. The van der Waals surface area contributed by atoms with E-state index in [0.29, 0.717) is 28.6 Å². The minimum atomic E-state index is -3.29. The summed E-state index contributed by atoms with van der Waals surface area (Å²) in [5.74, 6) is 0.787. The fourth-order valence-corrected chi connectivity index (χ4v) is 3.37. The van der Waals surface area contributed by atoms with Gasteiger partial charge in [0.1, 0.15) is 23.8 Å². The van der Waals surface area contributed by atoms with Gasteiger partial charge in [0.2, 0.25) is 0 Å². The number of hydrogen-bond acceptors (Lipinski definition) is 6. The van der Waals surface area contributed by atoms with Gasteiger partial charge in [-0.05, 0) is 48.9 Å². The van der Waals surface area contributed by atoms with E-state index in [1.165, 1.54) is 12.4 Å². The molecule has 0 aliphatic rings. The van der Waals surface area contributed by atoms with Gasteiger partial charge in [-0.3, -0.25) is 0 Å². The molecule has 3 aromatic rings. The van der Waals surface area contributed by atoms with Crippen molar-refractivity contribution in [2.75, 3.05) is 16.4 Å². The number of halogens is 2.